The molecule has 0 aliphatic rings. The Morgan fingerprint density at radius 3 is 2.50 bits per heavy atom. The zero-order valence-electron chi connectivity index (χ0n) is 25.3. The average molecular weight is 630 g/mol. The van der Waals surface area contributed by atoms with E-state index in [1.807, 2.05) is 18.2 Å². The van der Waals surface area contributed by atoms with E-state index in [1.165, 1.54) is 36.1 Å². The van der Waals surface area contributed by atoms with E-state index in [4.69, 9.17) is 18.8 Å². The highest BCUT2D eigenvalue weighted by Crippen LogP contribution is 2.36. The number of aromatic nitrogens is 2. The molecule has 0 saturated carbocycles. The fourth-order valence-corrected chi connectivity index (χ4v) is 4.84. The molecule has 0 aliphatic heterocycles. The van der Waals surface area contributed by atoms with Gasteiger partial charge in [0.1, 0.15) is 23.1 Å². The van der Waals surface area contributed by atoms with E-state index >= 15 is 0 Å². The van der Waals surface area contributed by atoms with Gasteiger partial charge in [0, 0.05) is 31.2 Å². The second kappa shape index (κ2) is 14.8. The third-order valence-electron chi connectivity index (χ3n) is 7.14. The molecule has 1 aromatic heterocycles. The predicted molar refractivity (Wildman–Crippen MR) is 169 cm³/mol. The number of nitrogens with zero attached hydrogens (tertiary/aromatic N) is 4. The highest BCUT2D eigenvalue weighted by Gasteiger charge is 2.22. The van der Waals surface area contributed by atoms with Crippen LogP contribution in [0.25, 0.3) is 11.0 Å². The minimum absolute atomic E-state index is 0.0843. The smallest absolute Gasteiger partial charge is 0.300 e. The number of nitro groups is 1. The lowest BCUT2D eigenvalue weighted by Crippen LogP contribution is -2.28. The number of para-hydroxylation sites is 1. The summed E-state index contributed by atoms with van der Waals surface area (Å²) in [7, 11) is 1.55. The van der Waals surface area contributed by atoms with Crippen LogP contribution in [-0.4, -0.2) is 41.4 Å². The molecule has 5 aromatic rings. The highest BCUT2D eigenvalue weighted by molar-refractivity contribution is 5.94. The summed E-state index contributed by atoms with van der Waals surface area (Å²) >= 11 is 0. The van der Waals surface area contributed by atoms with Crippen molar-refractivity contribution in [2.24, 2.45) is 0 Å². The fraction of sp³-hybridized carbons (Fsp3) is 0.242. The summed E-state index contributed by atoms with van der Waals surface area (Å²) in [6, 6.07) is 21.4. The van der Waals surface area contributed by atoms with Gasteiger partial charge in [-0.15, -0.1) is 0 Å². The van der Waals surface area contributed by atoms with E-state index in [1.54, 1.807) is 43.5 Å². The van der Waals surface area contributed by atoms with Gasteiger partial charge in [-0.1, -0.05) is 18.2 Å². The normalized spacial score (nSPS) is 10.8. The molecule has 0 spiro atoms. The molecule has 0 saturated heterocycles. The van der Waals surface area contributed by atoms with Crippen LogP contribution in [0, 0.1) is 15.9 Å². The van der Waals surface area contributed by atoms with Crippen molar-refractivity contribution in [1.82, 2.24) is 10.3 Å². The van der Waals surface area contributed by atoms with Crippen molar-refractivity contribution in [2.45, 2.75) is 32.7 Å². The molecule has 0 atom stereocenters. The van der Waals surface area contributed by atoms with Crippen LogP contribution in [0.15, 0.2) is 83.5 Å². The molecule has 5 rings (SSSR count). The van der Waals surface area contributed by atoms with E-state index < -0.39 is 10.7 Å². The number of amides is 1. The molecule has 0 radical (unpaired) electrons. The Kier molecular flexibility index (Phi) is 10.2. The van der Waals surface area contributed by atoms with Gasteiger partial charge in [0.2, 0.25) is 11.4 Å². The van der Waals surface area contributed by atoms with E-state index in [-0.39, 0.29) is 29.3 Å². The zero-order valence-corrected chi connectivity index (χ0v) is 25.3. The first-order valence-electron chi connectivity index (χ1n) is 14.6. The van der Waals surface area contributed by atoms with Gasteiger partial charge < -0.3 is 24.4 Å². The lowest BCUT2D eigenvalue weighted by molar-refractivity contribution is -0.383. The van der Waals surface area contributed by atoms with Crippen molar-refractivity contribution in [3.8, 4) is 23.0 Å². The molecular weight excluding hydrogens is 597 g/mol. The number of hydrogen-bond acceptors (Lipinski definition) is 10. The maximum absolute atomic E-state index is 14.5. The third-order valence-corrected chi connectivity index (χ3v) is 7.14. The molecule has 4 aromatic carbocycles. The number of nitro benzene ring substituents is 1. The highest BCUT2D eigenvalue weighted by atomic mass is 19.1. The second-order valence-electron chi connectivity index (χ2n) is 10.3. The Hall–Kier alpha value is -5.72. The van der Waals surface area contributed by atoms with E-state index in [2.05, 4.69) is 15.6 Å². The molecule has 238 valence electrons. The number of rotatable bonds is 15. The molecule has 1 N–H and O–H groups in total. The summed E-state index contributed by atoms with van der Waals surface area (Å²) in [5.74, 6) is 1.22. The predicted octanol–water partition coefficient (Wildman–Crippen LogP) is 7.29. The number of anilines is 2. The summed E-state index contributed by atoms with van der Waals surface area (Å²) in [5, 5.41) is 21.9. The van der Waals surface area contributed by atoms with Gasteiger partial charge in [-0.2, -0.15) is 0 Å². The molecule has 0 bridgehead atoms. The van der Waals surface area contributed by atoms with Crippen molar-refractivity contribution in [3.05, 3.63) is 100 Å². The Morgan fingerprint density at radius 1 is 0.957 bits per heavy atom. The number of unbranched alkanes of at least 4 members (excludes halogenated alkanes) is 2. The first-order valence-corrected chi connectivity index (χ1v) is 14.6. The maximum atomic E-state index is 14.5. The number of nitrogens with one attached hydrogen (secondary N) is 1. The van der Waals surface area contributed by atoms with Crippen LogP contribution in [0.4, 0.5) is 21.5 Å². The summed E-state index contributed by atoms with van der Waals surface area (Å²) in [6.07, 6.45) is 2.36. The number of non-ortho nitro benzene ring substituents is 1. The molecular formula is C33H32FN5O7. The molecule has 0 fully saturated rings. The van der Waals surface area contributed by atoms with Crippen molar-refractivity contribution in [1.29, 1.82) is 0 Å². The molecule has 1 amide bonds. The quantitative estimate of drug-likeness (QED) is 0.0713. The first kappa shape index (κ1) is 31.7. The number of fused-ring (bicyclic) bond motifs is 1. The van der Waals surface area contributed by atoms with Crippen LogP contribution in [0.5, 0.6) is 23.0 Å². The fourth-order valence-electron chi connectivity index (χ4n) is 4.84. The van der Waals surface area contributed by atoms with Crippen LogP contribution < -0.4 is 24.4 Å². The number of halogens is 1. The van der Waals surface area contributed by atoms with Gasteiger partial charge in [0.05, 0.1) is 36.6 Å². The average Bonchev–Trinajstić information content (AvgIpc) is 3.55. The number of benzene rings is 4. The number of hydrogen-bond donors (Lipinski definition) is 1. The summed E-state index contributed by atoms with van der Waals surface area (Å²) in [4.78, 5) is 25.0. The molecule has 1 heterocycles. The number of carbonyl (C=O) groups is 1. The minimum atomic E-state index is -0.526. The Morgan fingerprint density at radius 2 is 1.74 bits per heavy atom. The second-order valence-corrected chi connectivity index (χ2v) is 10.3. The maximum Gasteiger partial charge on any atom is 0.300 e. The van der Waals surface area contributed by atoms with Crippen molar-refractivity contribution >= 4 is 34.0 Å². The first-order chi connectivity index (χ1) is 22.3. The zero-order chi connectivity index (χ0) is 32.5. The van der Waals surface area contributed by atoms with Gasteiger partial charge in [-0.25, -0.2) is 9.02 Å². The lowest BCUT2D eigenvalue weighted by atomic mass is 10.1. The summed E-state index contributed by atoms with van der Waals surface area (Å²) in [5.41, 5.74) is 1.80. The van der Waals surface area contributed by atoms with Gasteiger partial charge in [-0.05, 0) is 78.1 Å². The van der Waals surface area contributed by atoms with Gasteiger partial charge >= 0.3 is 5.69 Å². The number of methoxy groups -OCH3 is 1. The van der Waals surface area contributed by atoms with E-state index in [0.29, 0.717) is 52.9 Å². The van der Waals surface area contributed by atoms with Crippen LogP contribution in [-0.2, 0) is 11.3 Å². The van der Waals surface area contributed by atoms with Crippen LogP contribution in [0.3, 0.4) is 0 Å². The van der Waals surface area contributed by atoms with Gasteiger partial charge in [0.15, 0.2) is 11.3 Å². The lowest BCUT2D eigenvalue weighted by Gasteiger charge is -2.25. The SMILES string of the molecule is COc1ccc(OCCCCCNc2ccc([N+](=O)[O-])c3nonc23)c(CN(C(C)=O)c2cc(F)ccc2Oc2ccccc2)c1. The Labute approximate surface area is 263 Å². The van der Waals surface area contributed by atoms with E-state index in [9.17, 15) is 19.3 Å². The van der Waals surface area contributed by atoms with Crippen molar-refractivity contribution < 1.29 is 32.9 Å². The number of carbonyl (C=O) groups excluding carboxylic acids is 1. The standard InChI is InChI=1S/C33H32FN5O7/c1-22(40)38(29-20-24(34)11-15-31(29)45-25-9-5-3-6-10-25)21-23-19-26(43-2)12-16-30(23)44-18-8-4-7-17-35-27-13-14-28(39(41)42)33-32(27)36-46-37-33/h3,5-6,9-16,19-20,35H,4,7-8,17-18,21H2,1-2H3. The summed E-state index contributed by atoms with van der Waals surface area (Å²) in [6.45, 7) is 2.51. The molecule has 0 aliphatic carbocycles. The molecule has 46 heavy (non-hydrogen) atoms. The van der Waals surface area contributed by atoms with Crippen LogP contribution >= 0.6 is 0 Å². The Balaban J connectivity index is 1.21. The summed E-state index contributed by atoms with van der Waals surface area (Å²) < 4.78 is 36.7. The molecule has 12 nitrogen and oxygen atoms in total. The van der Waals surface area contributed by atoms with Gasteiger partial charge in [0.25, 0.3) is 0 Å². The Bertz CT molecular complexity index is 1820. The van der Waals surface area contributed by atoms with Gasteiger partial charge in [-0.3, -0.25) is 14.9 Å². The largest absolute Gasteiger partial charge is 0.497 e. The monoisotopic (exact) mass is 629 g/mol. The van der Waals surface area contributed by atoms with E-state index in [0.717, 1.165) is 19.3 Å². The minimum Gasteiger partial charge on any atom is -0.497 e. The van der Waals surface area contributed by atoms with Crippen molar-refractivity contribution in [3.63, 3.8) is 0 Å². The number of ether oxygens (including phenoxy) is 3. The van der Waals surface area contributed by atoms with Crippen LogP contribution in [0.2, 0.25) is 0 Å². The molecule has 0 unspecified atom stereocenters. The van der Waals surface area contributed by atoms with Crippen molar-refractivity contribution in [2.75, 3.05) is 30.5 Å². The molecule has 13 heteroatoms. The third kappa shape index (κ3) is 7.67. The van der Waals surface area contributed by atoms with Crippen LogP contribution in [0.1, 0.15) is 31.7 Å². The topological polar surface area (TPSA) is 142 Å².